The van der Waals surface area contributed by atoms with Gasteiger partial charge in [0.05, 0.1) is 6.33 Å². The van der Waals surface area contributed by atoms with Crippen LogP contribution in [0.1, 0.15) is 30.8 Å². The lowest BCUT2D eigenvalue weighted by Gasteiger charge is -2.05. The second kappa shape index (κ2) is 6.27. The minimum atomic E-state index is -0.114. The summed E-state index contributed by atoms with van der Waals surface area (Å²) in [6.07, 6.45) is 4.33. The van der Waals surface area contributed by atoms with Crippen molar-refractivity contribution in [1.29, 1.82) is 0 Å². The molecular weight excluding hydrogens is 204 g/mol. The maximum absolute atomic E-state index is 11.6. The number of amides is 1. The van der Waals surface area contributed by atoms with E-state index < -0.39 is 0 Å². The van der Waals surface area contributed by atoms with E-state index in [1.165, 1.54) is 0 Å². The van der Waals surface area contributed by atoms with Gasteiger partial charge in [-0.05, 0) is 12.3 Å². The molecule has 1 aromatic rings. The Morgan fingerprint density at radius 1 is 1.62 bits per heavy atom. The van der Waals surface area contributed by atoms with Crippen LogP contribution in [-0.2, 0) is 6.54 Å². The van der Waals surface area contributed by atoms with Crippen LogP contribution >= 0.6 is 0 Å². The Hall–Kier alpha value is -1.36. The number of imidazole rings is 1. The monoisotopic (exact) mass is 224 g/mol. The Bertz CT molecular complexity index is 332. The molecule has 0 aromatic carbocycles. The summed E-state index contributed by atoms with van der Waals surface area (Å²) in [4.78, 5) is 15.7. The number of carbonyl (C=O) groups excluding carboxylic acids is 1. The summed E-state index contributed by atoms with van der Waals surface area (Å²) in [6.45, 7) is 6.18. The summed E-state index contributed by atoms with van der Waals surface area (Å²) in [5.74, 6) is 0.478. The molecule has 0 radical (unpaired) electrons. The van der Waals surface area contributed by atoms with E-state index in [1.54, 1.807) is 12.5 Å². The molecule has 0 aliphatic carbocycles. The van der Waals surface area contributed by atoms with Crippen LogP contribution in [0.25, 0.3) is 0 Å². The van der Waals surface area contributed by atoms with E-state index >= 15 is 0 Å². The van der Waals surface area contributed by atoms with Gasteiger partial charge in [-0.3, -0.25) is 4.79 Å². The van der Waals surface area contributed by atoms with Gasteiger partial charge in [0.25, 0.3) is 5.91 Å². The third-order valence-electron chi connectivity index (χ3n) is 2.26. The smallest absolute Gasteiger partial charge is 0.271 e. The molecule has 5 heteroatoms. The first-order valence-corrected chi connectivity index (χ1v) is 5.63. The fraction of sp³-hybridized carbons (Fsp3) is 0.636. The van der Waals surface area contributed by atoms with Crippen LogP contribution in [0.4, 0.5) is 0 Å². The van der Waals surface area contributed by atoms with E-state index in [1.807, 2.05) is 4.57 Å². The van der Waals surface area contributed by atoms with Crippen molar-refractivity contribution in [2.24, 2.45) is 11.7 Å². The van der Waals surface area contributed by atoms with Crippen LogP contribution < -0.4 is 11.1 Å². The molecule has 0 saturated heterocycles. The Morgan fingerprint density at radius 2 is 2.38 bits per heavy atom. The van der Waals surface area contributed by atoms with Crippen molar-refractivity contribution >= 4 is 5.91 Å². The van der Waals surface area contributed by atoms with Crippen LogP contribution in [0.3, 0.4) is 0 Å². The lowest BCUT2D eigenvalue weighted by molar-refractivity contribution is 0.0947. The van der Waals surface area contributed by atoms with Crippen LogP contribution in [0.2, 0.25) is 0 Å². The van der Waals surface area contributed by atoms with Crippen molar-refractivity contribution in [2.45, 2.75) is 26.8 Å². The van der Waals surface area contributed by atoms with Crippen LogP contribution in [0.5, 0.6) is 0 Å². The molecule has 90 valence electrons. The molecular formula is C11H20N4O. The largest absolute Gasteiger partial charge is 0.351 e. The van der Waals surface area contributed by atoms with Crippen LogP contribution in [-0.4, -0.2) is 28.5 Å². The molecule has 0 aliphatic heterocycles. The number of hydrogen-bond donors (Lipinski definition) is 2. The molecule has 16 heavy (non-hydrogen) atoms. The highest BCUT2D eigenvalue weighted by Gasteiger charge is 2.08. The van der Waals surface area contributed by atoms with Gasteiger partial charge in [0.1, 0.15) is 5.69 Å². The van der Waals surface area contributed by atoms with Gasteiger partial charge < -0.3 is 15.6 Å². The average molecular weight is 224 g/mol. The van der Waals surface area contributed by atoms with E-state index in [0.29, 0.717) is 31.2 Å². The second-order valence-electron chi connectivity index (χ2n) is 4.22. The number of nitrogens with two attached hydrogens (primary N) is 1. The van der Waals surface area contributed by atoms with Gasteiger partial charge in [-0.25, -0.2) is 4.98 Å². The molecule has 1 aromatic heterocycles. The van der Waals surface area contributed by atoms with Gasteiger partial charge in [-0.15, -0.1) is 0 Å². The van der Waals surface area contributed by atoms with E-state index in [0.717, 1.165) is 6.42 Å². The number of rotatable bonds is 6. The lowest BCUT2D eigenvalue weighted by atomic mass is 10.1. The van der Waals surface area contributed by atoms with Crippen molar-refractivity contribution in [3.05, 3.63) is 18.2 Å². The maximum atomic E-state index is 11.6. The quantitative estimate of drug-likeness (QED) is 0.744. The van der Waals surface area contributed by atoms with Crippen molar-refractivity contribution < 1.29 is 4.79 Å². The molecule has 3 N–H and O–H groups in total. The van der Waals surface area contributed by atoms with Crippen molar-refractivity contribution in [3.63, 3.8) is 0 Å². The van der Waals surface area contributed by atoms with E-state index in [9.17, 15) is 4.79 Å². The summed E-state index contributed by atoms with van der Waals surface area (Å²) in [5, 5.41) is 2.84. The van der Waals surface area contributed by atoms with Gasteiger partial charge in [-0.2, -0.15) is 0 Å². The van der Waals surface area contributed by atoms with Crippen LogP contribution in [0, 0.1) is 5.92 Å². The highest BCUT2D eigenvalue weighted by molar-refractivity contribution is 5.91. The molecule has 0 atom stereocenters. The Kier molecular flexibility index (Phi) is 4.98. The van der Waals surface area contributed by atoms with E-state index in [-0.39, 0.29) is 5.91 Å². The zero-order valence-corrected chi connectivity index (χ0v) is 9.94. The van der Waals surface area contributed by atoms with E-state index in [2.05, 4.69) is 24.1 Å². The first-order chi connectivity index (χ1) is 7.63. The van der Waals surface area contributed by atoms with Crippen molar-refractivity contribution in [1.82, 2.24) is 14.9 Å². The Morgan fingerprint density at radius 3 is 3.00 bits per heavy atom. The minimum Gasteiger partial charge on any atom is -0.351 e. The molecule has 0 fully saturated rings. The molecule has 5 nitrogen and oxygen atoms in total. The van der Waals surface area contributed by atoms with Crippen molar-refractivity contribution in [2.75, 3.05) is 13.1 Å². The highest BCUT2D eigenvalue weighted by atomic mass is 16.1. The molecule has 0 aliphatic rings. The fourth-order valence-electron chi connectivity index (χ4n) is 1.31. The summed E-state index contributed by atoms with van der Waals surface area (Å²) in [6, 6.07) is 0. The Balaban J connectivity index is 2.40. The number of nitrogens with one attached hydrogen (secondary N) is 1. The normalized spacial score (nSPS) is 10.8. The standard InChI is InChI=1S/C11H20N4O/c1-9(2)3-5-13-11(16)10-7-15(6-4-12)8-14-10/h7-9H,3-6,12H2,1-2H3,(H,13,16). The first kappa shape index (κ1) is 12.7. The summed E-state index contributed by atoms with van der Waals surface area (Å²) in [7, 11) is 0. The van der Waals surface area contributed by atoms with Gasteiger partial charge in [0, 0.05) is 25.8 Å². The number of aromatic nitrogens is 2. The Labute approximate surface area is 96.0 Å². The summed E-state index contributed by atoms with van der Waals surface area (Å²) >= 11 is 0. The lowest BCUT2D eigenvalue weighted by Crippen LogP contribution is -2.25. The summed E-state index contributed by atoms with van der Waals surface area (Å²) < 4.78 is 1.82. The topological polar surface area (TPSA) is 72.9 Å². The number of hydrogen-bond acceptors (Lipinski definition) is 3. The first-order valence-electron chi connectivity index (χ1n) is 5.63. The third-order valence-corrected chi connectivity index (χ3v) is 2.26. The zero-order valence-electron chi connectivity index (χ0n) is 9.94. The molecule has 0 spiro atoms. The minimum absolute atomic E-state index is 0.114. The predicted octanol–water partition coefficient (Wildman–Crippen LogP) is 0.618. The molecule has 0 bridgehead atoms. The van der Waals surface area contributed by atoms with Gasteiger partial charge in [0.15, 0.2) is 0 Å². The number of carbonyl (C=O) groups is 1. The third kappa shape index (κ3) is 4.02. The van der Waals surface area contributed by atoms with Crippen LogP contribution in [0.15, 0.2) is 12.5 Å². The molecule has 1 heterocycles. The average Bonchev–Trinajstić information content (AvgIpc) is 2.66. The number of nitrogens with zero attached hydrogens (tertiary/aromatic N) is 2. The summed E-state index contributed by atoms with van der Waals surface area (Å²) in [5.41, 5.74) is 5.87. The highest BCUT2D eigenvalue weighted by Crippen LogP contribution is 1.99. The molecule has 0 saturated carbocycles. The van der Waals surface area contributed by atoms with Crippen molar-refractivity contribution in [3.8, 4) is 0 Å². The van der Waals surface area contributed by atoms with Gasteiger partial charge in [-0.1, -0.05) is 13.8 Å². The predicted molar refractivity (Wildman–Crippen MR) is 63.1 cm³/mol. The van der Waals surface area contributed by atoms with E-state index in [4.69, 9.17) is 5.73 Å². The molecule has 0 unspecified atom stereocenters. The van der Waals surface area contributed by atoms with Gasteiger partial charge in [0.2, 0.25) is 0 Å². The zero-order chi connectivity index (χ0) is 12.0. The molecule has 1 rings (SSSR count). The maximum Gasteiger partial charge on any atom is 0.271 e. The SMILES string of the molecule is CC(C)CCNC(=O)c1cn(CCN)cn1. The molecule has 1 amide bonds. The fourth-order valence-corrected chi connectivity index (χ4v) is 1.31. The van der Waals surface area contributed by atoms with Gasteiger partial charge >= 0.3 is 0 Å². The second-order valence-corrected chi connectivity index (χ2v) is 4.22.